The first-order valence-corrected chi connectivity index (χ1v) is 7.82. The van der Waals surface area contributed by atoms with Crippen LogP contribution in [0, 0.1) is 0 Å². The lowest BCUT2D eigenvalue weighted by molar-refractivity contribution is -0.117. The number of rotatable bonds is 3. The Morgan fingerprint density at radius 3 is 2.58 bits per heavy atom. The number of carbonyl (C=O) groups excluding carboxylic acids is 2. The lowest BCUT2D eigenvalue weighted by Gasteiger charge is -2.15. The Kier molecular flexibility index (Phi) is 3.54. The van der Waals surface area contributed by atoms with E-state index >= 15 is 0 Å². The molecule has 1 saturated heterocycles. The average molecular weight is 321 g/mol. The Morgan fingerprint density at radius 1 is 1.08 bits per heavy atom. The molecule has 2 aromatic carbocycles. The SMILES string of the molecule is O=C(Oc1ccc(N2CCCC2=O)cc1)c1cc2ccccc2o1. The number of anilines is 1. The minimum absolute atomic E-state index is 0.127. The standard InChI is InChI=1S/C19H15NO4/c21-18-6-3-11-20(18)14-7-9-15(10-8-14)23-19(22)17-12-13-4-1-2-5-16(13)24-17/h1-2,4-5,7-10,12H,3,6,11H2. The molecule has 0 atom stereocenters. The van der Waals surface area contributed by atoms with E-state index in [-0.39, 0.29) is 11.7 Å². The molecule has 120 valence electrons. The van der Waals surface area contributed by atoms with E-state index in [0.717, 1.165) is 24.0 Å². The number of hydrogen-bond acceptors (Lipinski definition) is 4. The average Bonchev–Trinajstić information content (AvgIpc) is 3.21. The van der Waals surface area contributed by atoms with Crippen LogP contribution >= 0.6 is 0 Å². The monoisotopic (exact) mass is 321 g/mol. The van der Waals surface area contributed by atoms with Crippen molar-refractivity contribution < 1.29 is 18.7 Å². The lowest BCUT2D eigenvalue weighted by atomic mass is 10.2. The van der Waals surface area contributed by atoms with E-state index in [1.165, 1.54) is 0 Å². The van der Waals surface area contributed by atoms with Crippen molar-refractivity contribution in [2.45, 2.75) is 12.8 Å². The van der Waals surface area contributed by atoms with Crippen molar-refractivity contribution in [3.05, 3.63) is 60.4 Å². The third-order valence-electron chi connectivity index (χ3n) is 4.06. The number of amides is 1. The number of benzene rings is 2. The summed E-state index contributed by atoms with van der Waals surface area (Å²) in [6, 6.07) is 16.0. The van der Waals surface area contributed by atoms with Gasteiger partial charge in [-0.3, -0.25) is 4.79 Å². The van der Waals surface area contributed by atoms with Crippen LogP contribution in [-0.4, -0.2) is 18.4 Å². The van der Waals surface area contributed by atoms with Crippen LogP contribution < -0.4 is 9.64 Å². The maximum Gasteiger partial charge on any atom is 0.379 e. The van der Waals surface area contributed by atoms with Gasteiger partial charge in [0.2, 0.25) is 11.7 Å². The fourth-order valence-electron chi connectivity index (χ4n) is 2.86. The predicted octanol–water partition coefficient (Wildman–Crippen LogP) is 3.78. The van der Waals surface area contributed by atoms with Crippen LogP contribution in [-0.2, 0) is 4.79 Å². The van der Waals surface area contributed by atoms with Gasteiger partial charge in [-0.15, -0.1) is 0 Å². The third kappa shape index (κ3) is 2.65. The number of nitrogens with zero attached hydrogens (tertiary/aromatic N) is 1. The summed E-state index contributed by atoms with van der Waals surface area (Å²) in [6.07, 6.45) is 1.46. The van der Waals surface area contributed by atoms with Crippen molar-refractivity contribution in [3.8, 4) is 5.75 Å². The van der Waals surface area contributed by atoms with Crippen LogP contribution in [0.4, 0.5) is 5.69 Å². The molecule has 0 bridgehead atoms. The molecular weight excluding hydrogens is 306 g/mol. The zero-order valence-electron chi connectivity index (χ0n) is 12.9. The number of furan rings is 1. The number of ether oxygens (including phenoxy) is 1. The fourth-order valence-corrected chi connectivity index (χ4v) is 2.86. The largest absolute Gasteiger partial charge is 0.449 e. The van der Waals surface area contributed by atoms with E-state index in [1.54, 1.807) is 41.3 Å². The van der Waals surface area contributed by atoms with Gasteiger partial charge in [0, 0.05) is 24.0 Å². The maximum absolute atomic E-state index is 12.2. The van der Waals surface area contributed by atoms with Crippen LogP contribution in [0.15, 0.2) is 59.0 Å². The molecular formula is C19H15NO4. The van der Waals surface area contributed by atoms with Gasteiger partial charge in [0.25, 0.3) is 0 Å². The summed E-state index contributed by atoms with van der Waals surface area (Å²) in [7, 11) is 0. The number of hydrogen-bond donors (Lipinski definition) is 0. The third-order valence-corrected chi connectivity index (χ3v) is 4.06. The van der Waals surface area contributed by atoms with Gasteiger partial charge < -0.3 is 14.1 Å². The Bertz CT molecular complexity index is 878. The second-order valence-electron chi connectivity index (χ2n) is 5.68. The Hall–Kier alpha value is -3.08. The first-order chi connectivity index (χ1) is 11.7. The molecule has 0 N–H and O–H groups in total. The molecule has 0 saturated carbocycles. The molecule has 1 aliphatic heterocycles. The maximum atomic E-state index is 12.2. The van der Waals surface area contributed by atoms with E-state index in [2.05, 4.69) is 0 Å². The molecule has 24 heavy (non-hydrogen) atoms. The molecule has 0 radical (unpaired) electrons. The smallest absolute Gasteiger partial charge is 0.379 e. The van der Waals surface area contributed by atoms with E-state index < -0.39 is 5.97 Å². The van der Waals surface area contributed by atoms with Crippen molar-refractivity contribution >= 4 is 28.5 Å². The van der Waals surface area contributed by atoms with Crippen LogP contribution in [0.2, 0.25) is 0 Å². The first kappa shape index (κ1) is 14.5. The van der Waals surface area contributed by atoms with Crippen LogP contribution in [0.3, 0.4) is 0 Å². The molecule has 4 rings (SSSR count). The van der Waals surface area contributed by atoms with Gasteiger partial charge in [0.05, 0.1) is 0 Å². The molecule has 0 spiro atoms. The zero-order valence-corrected chi connectivity index (χ0v) is 12.9. The van der Waals surface area contributed by atoms with Crippen LogP contribution in [0.5, 0.6) is 5.75 Å². The van der Waals surface area contributed by atoms with E-state index in [4.69, 9.17) is 9.15 Å². The molecule has 3 aromatic rings. The summed E-state index contributed by atoms with van der Waals surface area (Å²) in [5, 5.41) is 0.854. The van der Waals surface area contributed by atoms with Crippen molar-refractivity contribution in [1.82, 2.24) is 0 Å². The number of para-hydroxylation sites is 1. The highest BCUT2D eigenvalue weighted by molar-refractivity contribution is 5.96. The summed E-state index contributed by atoms with van der Waals surface area (Å²) in [6.45, 7) is 0.733. The van der Waals surface area contributed by atoms with Crippen molar-refractivity contribution in [3.63, 3.8) is 0 Å². The Morgan fingerprint density at radius 2 is 1.88 bits per heavy atom. The molecule has 2 heterocycles. The van der Waals surface area contributed by atoms with Gasteiger partial charge in [-0.1, -0.05) is 18.2 Å². The molecule has 0 unspecified atom stereocenters. The van der Waals surface area contributed by atoms with Gasteiger partial charge in [0.15, 0.2) is 0 Å². The Balaban J connectivity index is 1.50. The molecule has 0 aliphatic carbocycles. The van der Waals surface area contributed by atoms with Gasteiger partial charge in [-0.2, -0.15) is 0 Å². The predicted molar refractivity (Wildman–Crippen MR) is 89.2 cm³/mol. The minimum atomic E-state index is -0.545. The summed E-state index contributed by atoms with van der Waals surface area (Å²) in [5.41, 5.74) is 1.47. The zero-order chi connectivity index (χ0) is 16.5. The van der Waals surface area contributed by atoms with Crippen molar-refractivity contribution in [1.29, 1.82) is 0 Å². The Labute approximate surface area is 138 Å². The summed E-state index contributed by atoms with van der Waals surface area (Å²) >= 11 is 0. The highest BCUT2D eigenvalue weighted by Crippen LogP contribution is 2.25. The van der Waals surface area contributed by atoms with E-state index in [1.807, 2.05) is 18.2 Å². The van der Waals surface area contributed by atoms with Gasteiger partial charge in [-0.05, 0) is 42.8 Å². The van der Waals surface area contributed by atoms with Crippen LogP contribution in [0.1, 0.15) is 23.4 Å². The number of fused-ring (bicyclic) bond motifs is 1. The van der Waals surface area contributed by atoms with Crippen molar-refractivity contribution in [2.75, 3.05) is 11.4 Å². The summed E-state index contributed by atoms with van der Waals surface area (Å²) in [4.78, 5) is 25.7. The fraction of sp³-hybridized carbons (Fsp3) is 0.158. The topological polar surface area (TPSA) is 59.8 Å². The van der Waals surface area contributed by atoms with Crippen molar-refractivity contribution in [2.24, 2.45) is 0 Å². The highest BCUT2D eigenvalue weighted by Gasteiger charge is 2.21. The van der Waals surface area contributed by atoms with Gasteiger partial charge in [-0.25, -0.2) is 4.79 Å². The second kappa shape index (κ2) is 5.85. The molecule has 1 amide bonds. The van der Waals surface area contributed by atoms with Crippen LogP contribution in [0.25, 0.3) is 11.0 Å². The summed E-state index contributed by atoms with van der Waals surface area (Å²) < 4.78 is 10.8. The minimum Gasteiger partial charge on any atom is -0.449 e. The van der Waals surface area contributed by atoms with E-state index in [0.29, 0.717) is 17.8 Å². The van der Waals surface area contributed by atoms with Gasteiger partial charge >= 0.3 is 5.97 Å². The van der Waals surface area contributed by atoms with Gasteiger partial charge in [0.1, 0.15) is 11.3 Å². The van der Waals surface area contributed by atoms with E-state index in [9.17, 15) is 9.59 Å². The number of carbonyl (C=O) groups is 2. The first-order valence-electron chi connectivity index (χ1n) is 7.82. The molecule has 1 fully saturated rings. The molecule has 5 heteroatoms. The highest BCUT2D eigenvalue weighted by atomic mass is 16.5. The quantitative estimate of drug-likeness (QED) is 0.544. The normalized spacial score (nSPS) is 14.3. The molecule has 5 nitrogen and oxygen atoms in total. The molecule has 1 aliphatic rings. The number of esters is 1. The molecule has 1 aromatic heterocycles. The second-order valence-corrected chi connectivity index (χ2v) is 5.68. The summed E-state index contributed by atoms with van der Waals surface area (Å²) in [5.74, 6) is 0.157. The lowest BCUT2D eigenvalue weighted by Crippen LogP contribution is -2.23.